The molecule has 0 aliphatic carbocycles. The van der Waals surface area contributed by atoms with Crippen molar-refractivity contribution in [1.82, 2.24) is 5.32 Å². The Labute approximate surface area is 77.0 Å². The Morgan fingerprint density at radius 2 is 2.08 bits per heavy atom. The van der Waals surface area contributed by atoms with Crippen molar-refractivity contribution in [2.24, 2.45) is 0 Å². The fourth-order valence-corrected chi connectivity index (χ4v) is 0.812. The van der Waals surface area contributed by atoms with Gasteiger partial charge >= 0.3 is 5.12 Å². The molecule has 1 aliphatic heterocycles. The Morgan fingerprint density at radius 1 is 1.46 bits per heavy atom. The second-order valence-electron chi connectivity index (χ2n) is 2.23. The van der Waals surface area contributed by atoms with E-state index in [2.05, 4.69) is 5.32 Å². The van der Waals surface area contributed by atoms with E-state index in [9.17, 15) is 20.2 Å². The molecule has 7 nitrogen and oxygen atoms in total. The topological polar surface area (TPSA) is 98.3 Å². The summed E-state index contributed by atoms with van der Waals surface area (Å²) in [6, 6.07) is 0. The van der Waals surface area contributed by atoms with Gasteiger partial charge in [-0.2, -0.15) is 0 Å². The van der Waals surface area contributed by atoms with E-state index >= 15 is 0 Å². The van der Waals surface area contributed by atoms with Crippen LogP contribution in [0.4, 0.5) is 0 Å². The smallest absolute Gasteiger partial charge is 0.304 e. The first kappa shape index (κ1) is 9.46. The number of hydrogen-bond acceptors (Lipinski definition) is 5. The lowest BCUT2D eigenvalue weighted by Crippen LogP contribution is -2.44. The molecule has 8 heteroatoms. The molecular weight excluding hydrogens is 202 g/mol. The molecule has 0 aromatic rings. The van der Waals surface area contributed by atoms with Crippen LogP contribution in [0.3, 0.4) is 0 Å². The van der Waals surface area contributed by atoms with E-state index in [0.29, 0.717) is 0 Å². The number of allylic oxidation sites excluding steroid dienone is 1. The predicted octanol–water partition coefficient (Wildman–Crippen LogP) is 0.433. The highest BCUT2D eigenvalue weighted by atomic mass is 35.5. The normalized spacial score (nSPS) is 26.1. The Morgan fingerprint density at radius 3 is 2.38 bits per heavy atom. The van der Waals surface area contributed by atoms with Crippen molar-refractivity contribution in [3.63, 3.8) is 0 Å². The largest absolute Gasteiger partial charge is 0.391 e. The minimum Gasteiger partial charge on any atom is -0.304 e. The molecule has 1 unspecified atom stereocenters. The van der Waals surface area contributed by atoms with E-state index in [-0.39, 0.29) is 5.70 Å². The van der Waals surface area contributed by atoms with Crippen molar-refractivity contribution in [3.8, 4) is 0 Å². The van der Waals surface area contributed by atoms with Gasteiger partial charge in [0.05, 0.1) is 16.0 Å². The van der Waals surface area contributed by atoms with Crippen molar-refractivity contribution in [1.29, 1.82) is 0 Å². The van der Waals surface area contributed by atoms with Crippen LogP contribution >= 0.6 is 11.6 Å². The summed E-state index contributed by atoms with van der Waals surface area (Å²) in [6.45, 7) is 0. The third-order valence-electron chi connectivity index (χ3n) is 1.37. The summed E-state index contributed by atoms with van der Waals surface area (Å²) in [6.07, 6.45) is 2.77. The van der Waals surface area contributed by atoms with Crippen molar-refractivity contribution < 1.29 is 9.85 Å². The van der Waals surface area contributed by atoms with Crippen LogP contribution in [0.2, 0.25) is 0 Å². The third-order valence-corrected chi connectivity index (χ3v) is 1.75. The van der Waals surface area contributed by atoms with Gasteiger partial charge < -0.3 is 5.32 Å². The Balaban J connectivity index is 2.85. The molecule has 0 saturated carbocycles. The summed E-state index contributed by atoms with van der Waals surface area (Å²) >= 11 is 5.42. The zero-order chi connectivity index (χ0) is 10.1. The van der Waals surface area contributed by atoms with Crippen molar-refractivity contribution in [2.75, 3.05) is 0 Å². The van der Waals surface area contributed by atoms with E-state index in [1.54, 1.807) is 0 Å². The van der Waals surface area contributed by atoms with Crippen LogP contribution in [0.5, 0.6) is 0 Å². The molecular formula is C5H4ClN3O4. The number of alkyl halides is 1. The number of nitrogens with zero attached hydrogens (tertiary/aromatic N) is 2. The zero-order valence-corrected chi connectivity index (χ0v) is 6.89. The summed E-state index contributed by atoms with van der Waals surface area (Å²) in [5.74, 6) is 0. The van der Waals surface area contributed by atoms with Crippen LogP contribution in [0, 0.1) is 20.2 Å². The van der Waals surface area contributed by atoms with E-state index in [1.807, 2.05) is 0 Å². The van der Waals surface area contributed by atoms with Crippen molar-refractivity contribution in [3.05, 3.63) is 44.3 Å². The molecule has 0 radical (unpaired) electrons. The Hall–Kier alpha value is -1.63. The summed E-state index contributed by atoms with van der Waals surface area (Å²) in [5.41, 5.74) is -0.280. The first-order chi connectivity index (χ1) is 5.96. The second-order valence-corrected chi connectivity index (χ2v) is 2.81. The third kappa shape index (κ3) is 1.75. The van der Waals surface area contributed by atoms with Gasteiger partial charge in [0, 0.05) is 12.2 Å². The molecule has 0 bridgehead atoms. The molecule has 70 valence electrons. The van der Waals surface area contributed by atoms with E-state index in [1.165, 1.54) is 0 Å². The van der Waals surface area contributed by atoms with Gasteiger partial charge in [0.2, 0.25) is 0 Å². The highest BCUT2D eigenvalue weighted by Crippen LogP contribution is 2.19. The number of halogens is 1. The number of dihydropyridines is 1. The number of nitro groups is 2. The SMILES string of the molecule is O=[N+]([O-])C1=CNC(Cl)([N+](=O)[O-])C=C1. The van der Waals surface area contributed by atoms with Crippen LogP contribution in [0.1, 0.15) is 0 Å². The van der Waals surface area contributed by atoms with Crippen LogP contribution in [-0.2, 0) is 0 Å². The lowest BCUT2D eigenvalue weighted by molar-refractivity contribution is -0.534. The number of rotatable bonds is 2. The second kappa shape index (κ2) is 3.02. The first-order valence-corrected chi connectivity index (χ1v) is 3.48. The molecule has 1 heterocycles. The van der Waals surface area contributed by atoms with Gasteiger partial charge in [-0.15, -0.1) is 0 Å². The number of hydrogen-bond donors (Lipinski definition) is 1. The van der Waals surface area contributed by atoms with Gasteiger partial charge in [-0.05, 0) is 11.6 Å². The maximum atomic E-state index is 10.3. The van der Waals surface area contributed by atoms with Crippen LogP contribution < -0.4 is 5.32 Å². The van der Waals surface area contributed by atoms with E-state index in [4.69, 9.17) is 11.6 Å². The zero-order valence-electron chi connectivity index (χ0n) is 6.14. The average molecular weight is 206 g/mol. The minimum absolute atomic E-state index is 0.280. The van der Waals surface area contributed by atoms with Crippen LogP contribution in [0.25, 0.3) is 0 Å². The summed E-state index contributed by atoms with van der Waals surface area (Å²) < 4.78 is 0. The molecule has 0 saturated heterocycles. The summed E-state index contributed by atoms with van der Waals surface area (Å²) in [5, 5.41) is 20.6. The van der Waals surface area contributed by atoms with Crippen LogP contribution in [-0.4, -0.2) is 15.0 Å². The van der Waals surface area contributed by atoms with E-state index in [0.717, 1.165) is 18.4 Å². The quantitative estimate of drug-likeness (QED) is 0.305. The summed E-state index contributed by atoms with van der Waals surface area (Å²) in [4.78, 5) is 19.0. The molecule has 0 aromatic carbocycles. The molecule has 1 aliphatic rings. The molecule has 0 fully saturated rings. The maximum absolute atomic E-state index is 10.3. The maximum Gasteiger partial charge on any atom is 0.391 e. The predicted molar refractivity (Wildman–Crippen MR) is 42.9 cm³/mol. The highest BCUT2D eigenvalue weighted by molar-refractivity contribution is 6.23. The summed E-state index contributed by atoms with van der Waals surface area (Å²) in [7, 11) is 0. The first-order valence-electron chi connectivity index (χ1n) is 3.10. The van der Waals surface area contributed by atoms with Gasteiger partial charge in [-0.3, -0.25) is 20.2 Å². The lowest BCUT2D eigenvalue weighted by Gasteiger charge is -2.15. The molecule has 0 aromatic heterocycles. The van der Waals surface area contributed by atoms with Gasteiger partial charge in [-0.1, -0.05) is 0 Å². The fourth-order valence-electron chi connectivity index (χ4n) is 0.694. The van der Waals surface area contributed by atoms with Gasteiger partial charge in [0.25, 0.3) is 5.70 Å². The minimum atomic E-state index is -1.97. The molecule has 1 N–H and O–H groups in total. The van der Waals surface area contributed by atoms with Crippen LogP contribution in [0.15, 0.2) is 24.0 Å². The fraction of sp³-hybridized carbons (Fsp3) is 0.200. The van der Waals surface area contributed by atoms with Crippen molar-refractivity contribution in [2.45, 2.75) is 5.12 Å². The van der Waals surface area contributed by atoms with E-state index < -0.39 is 15.0 Å². The molecule has 0 amide bonds. The Bertz CT molecular complexity index is 326. The monoisotopic (exact) mass is 205 g/mol. The highest BCUT2D eigenvalue weighted by Gasteiger charge is 2.39. The number of nitrogens with one attached hydrogen (secondary N) is 1. The molecule has 13 heavy (non-hydrogen) atoms. The average Bonchev–Trinajstić information content (AvgIpc) is 2.04. The standard InChI is InChI=1S/C5H4ClN3O4/c6-5(9(12)13)2-1-4(3-7-5)8(10)11/h1-3,7H. The van der Waals surface area contributed by atoms with Gasteiger partial charge in [0.1, 0.15) is 0 Å². The van der Waals surface area contributed by atoms with Crippen molar-refractivity contribution >= 4 is 11.6 Å². The Kier molecular flexibility index (Phi) is 2.20. The molecule has 0 spiro atoms. The molecule has 1 rings (SSSR count). The molecule has 1 atom stereocenters. The van der Waals surface area contributed by atoms with Gasteiger partial charge in [-0.25, -0.2) is 0 Å². The lowest BCUT2D eigenvalue weighted by atomic mass is 10.3. The van der Waals surface area contributed by atoms with Gasteiger partial charge in [0.15, 0.2) is 0 Å².